The molecule has 3 aromatic rings. The second-order valence-electron chi connectivity index (χ2n) is 7.88. The first-order chi connectivity index (χ1) is 15.1. The molecule has 0 atom stereocenters. The Bertz CT molecular complexity index is 1230. The number of amides is 1. The lowest BCUT2D eigenvalue weighted by Crippen LogP contribution is -2.28. The van der Waals surface area contributed by atoms with Gasteiger partial charge in [-0.15, -0.1) is 0 Å². The molecule has 1 aromatic carbocycles. The summed E-state index contributed by atoms with van der Waals surface area (Å²) in [6.45, 7) is 5.64. The summed E-state index contributed by atoms with van der Waals surface area (Å²) in [5, 5.41) is 7.93. The summed E-state index contributed by atoms with van der Waals surface area (Å²) in [4.78, 5) is 28.2. The van der Waals surface area contributed by atoms with Crippen molar-refractivity contribution >= 4 is 38.4 Å². The van der Waals surface area contributed by atoms with Gasteiger partial charge in [0, 0.05) is 37.0 Å². The van der Waals surface area contributed by atoms with Gasteiger partial charge in [-0.25, -0.2) is 22.4 Å². The standard InChI is InChI=1S/C22H27N5O4S/c1-15(2)27-22-18(13-24-27)12-19(14-23-22)25-21(29)6-5-11-26(4)32(30,31)20-9-7-17(8-10-20)16(3)28/h7-10,12-15H,5-6,11H2,1-4H3,(H,25,29). The predicted octanol–water partition coefficient (Wildman–Crippen LogP) is 3.25. The van der Waals surface area contributed by atoms with Crippen LogP contribution in [0.3, 0.4) is 0 Å². The fourth-order valence-corrected chi connectivity index (χ4v) is 4.44. The Labute approximate surface area is 187 Å². The first-order valence-corrected chi connectivity index (χ1v) is 11.7. The van der Waals surface area contributed by atoms with Gasteiger partial charge in [0.25, 0.3) is 0 Å². The van der Waals surface area contributed by atoms with Crippen molar-refractivity contribution in [1.82, 2.24) is 19.1 Å². The molecule has 1 N–H and O–H groups in total. The van der Waals surface area contributed by atoms with Gasteiger partial charge in [-0.3, -0.25) is 9.59 Å². The molecule has 0 aliphatic heterocycles. The number of nitrogens with one attached hydrogen (secondary N) is 1. The molecule has 0 radical (unpaired) electrons. The summed E-state index contributed by atoms with van der Waals surface area (Å²) in [6, 6.07) is 7.81. The maximum Gasteiger partial charge on any atom is 0.242 e. The SMILES string of the molecule is CC(=O)c1ccc(S(=O)(=O)N(C)CCCC(=O)Nc2cnc3c(cnn3C(C)C)c2)cc1. The molecule has 0 unspecified atom stereocenters. The van der Waals surface area contributed by atoms with E-state index in [1.54, 1.807) is 12.4 Å². The minimum Gasteiger partial charge on any atom is -0.325 e. The van der Waals surface area contributed by atoms with Crippen molar-refractivity contribution < 1.29 is 18.0 Å². The van der Waals surface area contributed by atoms with Gasteiger partial charge in [0.15, 0.2) is 11.4 Å². The highest BCUT2D eigenvalue weighted by Crippen LogP contribution is 2.20. The minimum absolute atomic E-state index is 0.107. The van der Waals surface area contributed by atoms with Crippen LogP contribution in [0.2, 0.25) is 0 Å². The molecule has 170 valence electrons. The van der Waals surface area contributed by atoms with Crippen LogP contribution in [-0.2, 0) is 14.8 Å². The van der Waals surface area contributed by atoms with Crippen molar-refractivity contribution in [3.05, 3.63) is 48.3 Å². The van der Waals surface area contributed by atoms with Crippen LogP contribution in [0.4, 0.5) is 5.69 Å². The van der Waals surface area contributed by atoms with E-state index in [9.17, 15) is 18.0 Å². The number of ketones is 1. The number of fused-ring (bicyclic) bond motifs is 1. The van der Waals surface area contributed by atoms with Crippen LogP contribution < -0.4 is 5.32 Å². The maximum atomic E-state index is 12.7. The van der Waals surface area contributed by atoms with Gasteiger partial charge < -0.3 is 5.32 Å². The highest BCUT2D eigenvalue weighted by Gasteiger charge is 2.21. The molecule has 0 spiro atoms. The number of anilines is 1. The molecule has 0 fully saturated rings. The normalized spacial score (nSPS) is 11.9. The number of sulfonamides is 1. The third-order valence-corrected chi connectivity index (χ3v) is 6.92. The molecule has 10 heteroatoms. The largest absolute Gasteiger partial charge is 0.325 e. The van der Waals surface area contributed by atoms with Crippen LogP contribution >= 0.6 is 0 Å². The number of carbonyl (C=O) groups is 2. The van der Waals surface area contributed by atoms with E-state index in [2.05, 4.69) is 15.4 Å². The number of Topliss-reactive ketones (excluding diaryl/α,β-unsaturated/α-hetero) is 1. The highest BCUT2D eigenvalue weighted by atomic mass is 32.2. The lowest BCUT2D eigenvalue weighted by Gasteiger charge is -2.17. The summed E-state index contributed by atoms with van der Waals surface area (Å²) in [7, 11) is -2.23. The summed E-state index contributed by atoms with van der Waals surface area (Å²) in [5.74, 6) is -0.351. The van der Waals surface area contributed by atoms with Crippen molar-refractivity contribution in [1.29, 1.82) is 0 Å². The first kappa shape index (κ1) is 23.6. The summed E-state index contributed by atoms with van der Waals surface area (Å²) in [6.07, 6.45) is 3.81. The van der Waals surface area contributed by atoms with Gasteiger partial charge in [-0.05, 0) is 45.4 Å². The van der Waals surface area contributed by atoms with Gasteiger partial charge in [-0.1, -0.05) is 12.1 Å². The lowest BCUT2D eigenvalue weighted by atomic mass is 10.2. The molecule has 3 rings (SSSR count). The highest BCUT2D eigenvalue weighted by molar-refractivity contribution is 7.89. The lowest BCUT2D eigenvalue weighted by molar-refractivity contribution is -0.116. The van der Waals surface area contributed by atoms with Gasteiger partial charge in [0.2, 0.25) is 15.9 Å². The molecule has 0 bridgehead atoms. The van der Waals surface area contributed by atoms with E-state index in [0.29, 0.717) is 17.7 Å². The molecule has 1 amide bonds. The molecule has 2 aromatic heterocycles. The Kier molecular flexibility index (Phi) is 7.05. The number of nitrogens with zero attached hydrogens (tertiary/aromatic N) is 4. The van der Waals surface area contributed by atoms with Gasteiger partial charge in [0.1, 0.15) is 0 Å². The second kappa shape index (κ2) is 9.58. The number of carbonyl (C=O) groups excluding carboxylic acids is 2. The Morgan fingerprint density at radius 1 is 1.16 bits per heavy atom. The minimum atomic E-state index is -3.70. The second-order valence-corrected chi connectivity index (χ2v) is 9.92. The fourth-order valence-electron chi connectivity index (χ4n) is 3.23. The topological polar surface area (TPSA) is 114 Å². The van der Waals surface area contributed by atoms with Gasteiger partial charge in [-0.2, -0.15) is 5.10 Å². The third kappa shape index (κ3) is 5.20. The van der Waals surface area contributed by atoms with Crippen LogP contribution in [0.25, 0.3) is 11.0 Å². The van der Waals surface area contributed by atoms with Crippen LogP contribution in [0.1, 0.15) is 50.0 Å². The van der Waals surface area contributed by atoms with Gasteiger partial charge >= 0.3 is 0 Å². The summed E-state index contributed by atoms with van der Waals surface area (Å²) >= 11 is 0. The number of pyridine rings is 1. The average Bonchev–Trinajstić information content (AvgIpc) is 3.17. The molecular formula is C22H27N5O4S. The van der Waals surface area contributed by atoms with E-state index in [4.69, 9.17) is 0 Å². The van der Waals surface area contributed by atoms with Crippen LogP contribution in [0.5, 0.6) is 0 Å². The zero-order chi connectivity index (χ0) is 23.5. The van der Waals surface area contributed by atoms with Crippen molar-refractivity contribution in [2.75, 3.05) is 18.9 Å². The molecule has 2 heterocycles. The summed E-state index contributed by atoms with van der Waals surface area (Å²) < 4.78 is 28.4. The smallest absolute Gasteiger partial charge is 0.242 e. The number of rotatable bonds is 9. The average molecular weight is 458 g/mol. The third-order valence-electron chi connectivity index (χ3n) is 5.05. The zero-order valence-electron chi connectivity index (χ0n) is 18.6. The van der Waals surface area contributed by atoms with E-state index in [1.165, 1.54) is 42.5 Å². The van der Waals surface area contributed by atoms with E-state index in [1.807, 2.05) is 24.6 Å². The Morgan fingerprint density at radius 3 is 2.47 bits per heavy atom. The molecule has 0 aliphatic rings. The van der Waals surface area contributed by atoms with E-state index < -0.39 is 10.0 Å². The van der Waals surface area contributed by atoms with Gasteiger partial charge in [0.05, 0.1) is 23.0 Å². The van der Waals surface area contributed by atoms with Crippen molar-refractivity contribution in [2.45, 2.75) is 44.6 Å². The van der Waals surface area contributed by atoms with Crippen molar-refractivity contribution in [3.8, 4) is 0 Å². The summed E-state index contributed by atoms with van der Waals surface area (Å²) in [5.41, 5.74) is 1.77. The Balaban J connectivity index is 1.54. The maximum absolute atomic E-state index is 12.7. The zero-order valence-corrected chi connectivity index (χ0v) is 19.4. The molecule has 0 saturated heterocycles. The van der Waals surface area contributed by atoms with E-state index >= 15 is 0 Å². The predicted molar refractivity (Wildman–Crippen MR) is 122 cm³/mol. The van der Waals surface area contributed by atoms with E-state index in [-0.39, 0.29) is 35.6 Å². The number of hydrogen-bond acceptors (Lipinski definition) is 6. The number of hydrogen-bond donors (Lipinski definition) is 1. The Hall–Kier alpha value is -3.11. The molecule has 0 saturated carbocycles. The number of aromatic nitrogens is 3. The first-order valence-electron chi connectivity index (χ1n) is 10.3. The molecular weight excluding hydrogens is 430 g/mol. The Morgan fingerprint density at radius 2 is 1.84 bits per heavy atom. The molecule has 0 aliphatic carbocycles. The monoisotopic (exact) mass is 457 g/mol. The fraction of sp³-hybridized carbons (Fsp3) is 0.364. The molecule has 32 heavy (non-hydrogen) atoms. The van der Waals surface area contributed by atoms with Crippen LogP contribution in [0.15, 0.2) is 47.6 Å². The van der Waals surface area contributed by atoms with Crippen molar-refractivity contribution in [3.63, 3.8) is 0 Å². The molecule has 9 nitrogen and oxygen atoms in total. The quantitative estimate of drug-likeness (QED) is 0.493. The van der Waals surface area contributed by atoms with Crippen LogP contribution in [-0.4, -0.2) is 52.8 Å². The van der Waals surface area contributed by atoms with Crippen molar-refractivity contribution in [2.24, 2.45) is 0 Å². The van der Waals surface area contributed by atoms with Crippen LogP contribution in [0, 0.1) is 0 Å². The number of benzene rings is 1. The van der Waals surface area contributed by atoms with E-state index in [0.717, 1.165) is 11.0 Å².